The fourth-order valence-electron chi connectivity index (χ4n) is 4.01. The zero-order chi connectivity index (χ0) is 20.2. The second-order valence-electron chi connectivity index (χ2n) is 7.81. The molecule has 1 saturated heterocycles. The molecule has 1 unspecified atom stereocenters. The number of hydrogen-bond acceptors (Lipinski definition) is 5. The lowest BCUT2D eigenvalue weighted by Gasteiger charge is -2.28. The number of pyridine rings is 1. The van der Waals surface area contributed by atoms with Crippen molar-refractivity contribution in [2.75, 3.05) is 26.7 Å². The van der Waals surface area contributed by atoms with Crippen LogP contribution < -0.4 is 5.56 Å². The van der Waals surface area contributed by atoms with Gasteiger partial charge in [0.25, 0.3) is 5.56 Å². The van der Waals surface area contributed by atoms with Gasteiger partial charge in [-0.15, -0.1) is 0 Å². The fourth-order valence-corrected chi connectivity index (χ4v) is 4.01. The molecule has 0 saturated carbocycles. The summed E-state index contributed by atoms with van der Waals surface area (Å²) in [5.41, 5.74) is 3.46. The van der Waals surface area contributed by atoms with Crippen molar-refractivity contribution in [3.05, 3.63) is 70.8 Å². The topological polar surface area (TPSA) is 65.1 Å². The second-order valence-corrected chi connectivity index (χ2v) is 7.81. The summed E-state index contributed by atoms with van der Waals surface area (Å²) in [6.45, 7) is 6.39. The molecule has 0 aliphatic carbocycles. The van der Waals surface area contributed by atoms with Crippen LogP contribution in [0.1, 0.15) is 18.9 Å². The van der Waals surface area contributed by atoms with Gasteiger partial charge in [-0.25, -0.2) is 4.98 Å². The molecule has 1 aromatic carbocycles. The number of nitrogens with one attached hydrogen (secondary N) is 1. The van der Waals surface area contributed by atoms with E-state index in [-0.39, 0.29) is 5.56 Å². The Bertz CT molecular complexity index is 1020. The predicted octanol–water partition coefficient (Wildman–Crippen LogP) is 3.02. The summed E-state index contributed by atoms with van der Waals surface area (Å²) in [5.74, 6) is 0.603. The van der Waals surface area contributed by atoms with E-state index < -0.39 is 0 Å². The number of rotatable bonds is 4. The van der Waals surface area contributed by atoms with Gasteiger partial charge in [0.05, 0.1) is 5.69 Å². The van der Waals surface area contributed by atoms with Crippen LogP contribution in [0.5, 0.6) is 0 Å². The summed E-state index contributed by atoms with van der Waals surface area (Å²) >= 11 is 0. The minimum Gasteiger partial charge on any atom is -0.306 e. The predicted molar refractivity (Wildman–Crippen MR) is 116 cm³/mol. The molecule has 0 amide bonds. The summed E-state index contributed by atoms with van der Waals surface area (Å²) in [7, 11) is 2.19. The van der Waals surface area contributed by atoms with Crippen LogP contribution in [0.2, 0.25) is 0 Å². The molecule has 1 aliphatic rings. The maximum absolute atomic E-state index is 12.4. The number of aromatic nitrogens is 3. The Kier molecular flexibility index (Phi) is 5.83. The van der Waals surface area contributed by atoms with Crippen LogP contribution in [0.3, 0.4) is 0 Å². The first kappa shape index (κ1) is 19.5. The Morgan fingerprint density at radius 2 is 2.03 bits per heavy atom. The standard InChI is InChI=1S/C23H27N5O/c1-17-15-27(2)11-6-12-28(17)16-19-7-3-4-9-20(19)23-25-21(13-22(29)26-23)18-8-5-10-24-14-18/h3-5,7-10,13-14,17H,6,11-12,15-16H2,1-2H3,(H,25,26,29). The normalized spacial score (nSPS) is 18.5. The molecule has 0 radical (unpaired) electrons. The van der Waals surface area contributed by atoms with E-state index in [1.165, 1.54) is 11.6 Å². The van der Waals surface area contributed by atoms with Crippen molar-refractivity contribution >= 4 is 0 Å². The first-order valence-corrected chi connectivity index (χ1v) is 10.1. The van der Waals surface area contributed by atoms with Crippen LogP contribution in [-0.4, -0.2) is 57.5 Å². The Balaban J connectivity index is 1.68. The maximum atomic E-state index is 12.4. The smallest absolute Gasteiger partial charge is 0.251 e. The number of aromatic amines is 1. The molecule has 150 valence electrons. The SMILES string of the molecule is CC1CN(C)CCCN1Cc1ccccc1-c1nc(-c2cccnc2)cc(=O)[nH]1. The fraction of sp³-hybridized carbons (Fsp3) is 0.348. The van der Waals surface area contributed by atoms with Gasteiger partial charge in [-0.05, 0) is 44.6 Å². The van der Waals surface area contributed by atoms with Crippen molar-refractivity contribution < 1.29 is 0 Å². The Morgan fingerprint density at radius 1 is 1.17 bits per heavy atom. The van der Waals surface area contributed by atoms with Gasteiger partial charge in [0, 0.05) is 55.3 Å². The number of benzene rings is 1. The van der Waals surface area contributed by atoms with Crippen molar-refractivity contribution in [2.24, 2.45) is 0 Å². The molecule has 4 rings (SSSR count). The van der Waals surface area contributed by atoms with Gasteiger partial charge >= 0.3 is 0 Å². The van der Waals surface area contributed by atoms with Gasteiger partial charge in [0.1, 0.15) is 5.82 Å². The number of nitrogens with zero attached hydrogens (tertiary/aromatic N) is 4. The zero-order valence-electron chi connectivity index (χ0n) is 17.0. The number of H-pyrrole nitrogens is 1. The van der Waals surface area contributed by atoms with Crippen molar-refractivity contribution in [3.8, 4) is 22.6 Å². The van der Waals surface area contributed by atoms with Gasteiger partial charge in [-0.1, -0.05) is 24.3 Å². The van der Waals surface area contributed by atoms with Gasteiger partial charge in [0.15, 0.2) is 0 Å². The average molecular weight is 390 g/mol. The second kappa shape index (κ2) is 8.68. The van der Waals surface area contributed by atoms with E-state index in [1.807, 2.05) is 24.3 Å². The lowest BCUT2D eigenvalue weighted by molar-refractivity contribution is 0.195. The first-order valence-electron chi connectivity index (χ1n) is 10.1. The molecule has 0 spiro atoms. The van der Waals surface area contributed by atoms with E-state index in [0.717, 1.165) is 43.7 Å². The molecule has 29 heavy (non-hydrogen) atoms. The third-order valence-electron chi connectivity index (χ3n) is 5.53. The molecule has 2 aromatic heterocycles. The van der Waals surface area contributed by atoms with Crippen LogP contribution in [0.4, 0.5) is 0 Å². The van der Waals surface area contributed by atoms with Crippen LogP contribution in [0, 0.1) is 0 Å². The molecule has 6 heteroatoms. The highest BCUT2D eigenvalue weighted by Crippen LogP contribution is 2.24. The molecule has 3 aromatic rings. The van der Waals surface area contributed by atoms with Crippen molar-refractivity contribution in [2.45, 2.75) is 25.9 Å². The van der Waals surface area contributed by atoms with Gasteiger partial charge in [0.2, 0.25) is 0 Å². The Hall–Kier alpha value is -2.83. The molecular formula is C23H27N5O. The van der Waals surface area contributed by atoms with Crippen LogP contribution in [0.25, 0.3) is 22.6 Å². The van der Waals surface area contributed by atoms with Crippen LogP contribution >= 0.6 is 0 Å². The third kappa shape index (κ3) is 4.60. The van der Waals surface area contributed by atoms with E-state index in [2.05, 4.69) is 45.9 Å². The molecule has 1 atom stereocenters. The molecule has 1 fully saturated rings. The van der Waals surface area contributed by atoms with Gasteiger partial charge in [-0.3, -0.25) is 14.7 Å². The summed E-state index contributed by atoms with van der Waals surface area (Å²) in [6.07, 6.45) is 4.61. The van der Waals surface area contributed by atoms with E-state index in [0.29, 0.717) is 17.6 Å². The van der Waals surface area contributed by atoms with Crippen molar-refractivity contribution in [1.29, 1.82) is 0 Å². The average Bonchev–Trinajstić information content (AvgIpc) is 2.88. The van der Waals surface area contributed by atoms with Crippen molar-refractivity contribution in [3.63, 3.8) is 0 Å². The molecule has 3 heterocycles. The summed E-state index contributed by atoms with van der Waals surface area (Å²) in [5, 5.41) is 0. The summed E-state index contributed by atoms with van der Waals surface area (Å²) < 4.78 is 0. The highest BCUT2D eigenvalue weighted by molar-refractivity contribution is 5.65. The van der Waals surface area contributed by atoms with E-state index in [1.54, 1.807) is 12.4 Å². The molecule has 1 N–H and O–H groups in total. The highest BCUT2D eigenvalue weighted by Gasteiger charge is 2.21. The lowest BCUT2D eigenvalue weighted by atomic mass is 10.0. The van der Waals surface area contributed by atoms with Crippen molar-refractivity contribution in [1.82, 2.24) is 24.8 Å². The van der Waals surface area contributed by atoms with Gasteiger partial charge < -0.3 is 9.88 Å². The van der Waals surface area contributed by atoms with E-state index in [4.69, 9.17) is 4.98 Å². The Labute approximate surface area is 171 Å². The van der Waals surface area contributed by atoms with Crippen LogP contribution in [-0.2, 0) is 6.54 Å². The molecule has 6 nitrogen and oxygen atoms in total. The third-order valence-corrected chi connectivity index (χ3v) is 5.53. The summed E-state index contributed by atoms with van der Waals surface area (Å²) in [4.78, 5) is 29.1. The molecule has 1 aliphatic heterocycles. The highest BCUT2D eigenvalue weighted by atomic mass is 16.1. The van der Waals surface area contributed by atoms with E-state index in [9.17, 15) is 4.79 Å². The number of likely N-dealkylation sites (N-methyl/N-ethyl adjacent to an activating group) is 1. The molecule has 0 bridgehead atoms. The quantitative estimate of drug-likeness (QED) is 0.743. The summed E-state index contributed by atoms with van der Waals surface area (Å²) in [6, 6.07) is 14.0. The minimum atomic E-state index is -0.159. The first-order chi connectivity index (χ1) is 14.1. The monoisotopic (exact) mass is 389 g/mol. The van der Waals surface area contributed by atoms with Gasteiger partial charge in [-0.2, -0.15) is 0 Å². The molecular weight excluding hydrogens is 362 g/mol. The minimum absolute atomic E-state index is 0.159. The number of hydrogen-bond donors (Lipinski definition) is 1. The van der Waals surface area contributed by atoms with E-state index >= 15 is 0 Å². The van der Waals surface area contributed by atoms with Crippen LogP contribution in [0.15, 0.2) is 59.7 Å². The Morgan fingerprint density at radius 3 is 2.86 bits per heavy atom. The maximum Gasteiger partial charge on any atom is 0.251 e. The largest absolute Gasteiger partial charge is 0.306 e. The lowest BCUT2D eigenvalue weighted by Crippen LogP contribution is -2.37. The zero-order valence-corrected chi connectivity index (χ0v) is 17.0.